The van der Waals surface area contributed by atoms with Gasteiger partial charge in [-0.25, -0.2) is 5.01 Å². The van der Waals surface area contributed by atoms with Crippen LogP contribution in [0.1, 0.15) is 11.7 Å². The highest BCUT2D eigenvalue weighted by Crippen LogP contribution is 2.30. The largest absolute Gasteiger partial charge is 0.298 e. The van der Waals surface area contributed by atoms with E-state index in [9.17, 15) is 4.79 Å². The maximum atomic E-state index is 12.7. The molecule has 1 amide bonds. The van der Waals surface area contributed by atoms with Crippen LogP contribution in [-0.4, -0.2) is 22.3 Å². The fraction of sp³-hybridized carbons (Fsp3) is 0.118. The van der Waals surface area contributed by atoms with Crippen LogP contribution in [0.5, 0.6) is 0 Å². The average molecular weight is 448 g/mol. The molecule has 2 aromatic carbocycles. The van der Waals surface area contributed by atoms with Gasteiger partial charge < -0.3 is 0 Å². The Labute approximate surface area is 156 Å². The average Bonchev–Trinajstić information content (AvgIpc) is 2.60. The molecule has 7 heteroatoms. The monoisotopic (exact) mass is 448 g/mol. The maximum Gasteiger partial charge on any atom is 0.276 e. The number of thioether (sulfide) groups is 1. The van der Waals surface area contributed by atoms with Crippen molar-refractivity contribution in [2.45, 2.75) is 6.17 Å². The molecule has 1 N–H and O–H groups in total. The molecule has 2 aliphatic heterocycles. The molecule has 0 saturated carbocycles. The third kappa shape index (κ3) is 2.61. The first-order valence-corrected chi connectivity index (χ1v) is 9.63. The third-order valence-electron chi connectivity index (χ3n) is 3.86. The van der Waals surface area contributed by atoms with E-state index in [1.807, 2.05) is 48.7 Å². The number of rotatable bonds is 1. The van der Waals surface area contributed by atoms with Crippen molar-refractivity contribution >= 4 is 51.1 Å². The van der Waals surface area contributed by atoms with E-state index in [1.54, 1.807) is 5.01 Å². The molecule has 1 atom stereocenters. The van der Waals surface area contributed by atoms with Crippen LogP contribution in [0.4, 0.5) is 0 Å². The highest BCUT2D eigenvalue weighted by Gasteiger charge is 2.34. The normalized spacial score (nSPS) is 19.0. The van der Waals surface area contributed by atoms with E-state index < -0.39 is 0 Å². The molecule has 0 fully saturated rings. The maximum absolute atomic E-state index is 12.7. The first-order valence-electron chi connectivity index (χ1n) is 7.33. The highest BCUT2D eigenvalue weighted by molar-refractivity contribution is 14.1. The fourth-order valence-electron chi connectivity index (χ4n) is 2.80. The summed E-state index contributed by atoms with van der Waals surface area (Å²) >= 11 is 3.69. The van der Waals surface area contributed by atoms with Gasteiger partial charge in [0.25, 0.3) is 5.91 Å². The van der Waals surface area contributed by atoms with Crippen molar-refractivity contribution in [1.82, 2.24) is 10.3 Å². The minimum absolute atomic E-state index is 0.146. The summed E-state index contributed by atoms with van der Waals surface area (Å²) in [5.41, 5.74) is 1.55. The third-order valence-corrected chi connectivity index (χ3v) is 5.10. The minimum Gasteiger partial charge on any atom is -0.298 e. The van der Waals surface area contributed by atoms with Crippen LogP contribution in [0.2, 0.25) is 0 Å². The number of nitrogens with zero attached hydrogens (tertiary/aromatic N) is 3. The number of nitrogens with one attached hydrogen (secondary N) is 1. The predicted octanol–water partition coefficient (Wildman–Crippen LogP) is 1.80. The molecular weight excluding hydrogens is 435 g/mol. The first kappa shape index (κ1) is 15.6. The lowest BCUT2D eigenvalue weighted by Gasteiger charge is -2.33. The van der Waals surface area contributed by atoms with Gasteiger partial charge in [-0.3, -0.25) is 15.1 Å². The van der Waals surface area contributed by atoms with E-state index in [4.69, 9.17) is 4.99 Å². The van der Waals surface area contributed by atoms with Gasteiger partial charge in [0, 0.05) is 8.79 Å². The van der Waals surface area contributed by atoms with Gasteiger partial charge in [-0.2, -0.15) is 0 Å². The quantitative estimate of drug-likeness (QED) is 0.678. The summed E-state index contributed by atoms with van der Waals surface area (Å²) in [5, 5.41) is 11.4. The molecule has 5 nitrogen and oxygen atoms in total. The van der Waals surface area contributed by atoms with Crippen LogP contribution in [0.15, 0.2) is 58.6 Å². The summed E-state index contributed by atoms with van der Waals surface area (Å²) in [5.74, 6) is -0.146. The molecule has 2 heterocycles. The number of carbonyl (C=O) groups is 1. The number of para-hydroxylation sites is 1. The van der Waals surface area contributed by atoms with Crippen molar-refractivity contribution in [3.63, 3.8) is 0 Å². The lowest BCUT2D eigenvalue weighted by molar-refractivity contribution is -0.116. The van der Waals surface area contributed by atoms with Crippen LogP contribution in [0, 0.1) is 3.57 Å². The van der Waals surface area contributed by atoms with Crippen molar-refractivity contribution < 1.29 is 4.79 Å². The van der Waals surface area contributed by atoms with Gasteiger partial charge >= 0.3 is 0 Å². The number of fused-ring (bicyclic) bond motifs is 2. The molecule has 0 spiro atoms. The molecule has 24 heavy (non-hydrogen) atoms. The zero-order chi connectivity index (χ0) is 16.7. The van der Waals surface area contributed by atoms with Gasteiger partial charge in [0.2, 0.25) is 0 Å². The number of carbonyl (C=O) groups excluding carboxylic acids is 1. The van der Waals surface area contributed by atoms with E-state index in [-0.39, 0.29) is 12.1 Å². The summed E-state index contributed by atoms with van der Waals surface area (Å²) in [7, 11) is 0. The molecular formula is C17H13IN4OS. The van der Waals surface area contributed by atoms with Gasteiger partial charge in [-0.15, -0.1) is 5.10 Å². The Hall–Kier alpha value is -1.87. The van der Waals surface area contributed by atoms with E-state index >= 15 is 0 Å². The second-order valence-corrected chi connectivity index (χ2v) is 7.37. The zero-order valence-electron chi connectivity index (χ0n) is 12.7. The van der Waals surface area contributed by atoms with E-state index in [1.165, 1.54) is 11.8 Å². The van der Waals surface area contributed by atoms with Crippen LogP contribution in [0.25, 0.3) is 5.70 Å². The second-order valence-electron chi connectivity index (χ2n) is 5.33. The number of hydrogen-bond donors (Lipinski definition) is 1. The molecule has 0 bridgehead atoms. The number of amidine groups is 1. The van der Waals surface area contributed by atoms with E-state index in [0.717, 1.165) is 19.7 Å². The van der Waals surface area contributed by atoms with Crippen molar-refractivity contribution in [3.8, 4) is 0 Å². The summed E-state index contributed by atoms with van der Waals surface area (Å²) in [6.45, 7) is 0. The van der Waals surface area contributed by atoms with Crippen LogP contribution >= 0.6 is 34.4 Å². The van der Waals surface area contributed by atoms with E-state index in [2.05, 4.69) is 39.1 Å². The van der Waals surface area contributed by atoms with Crippen molar-refractivity contribution in [3.05, 3.63) is 68.2 Å². The van der Waals surface area contributed by atoms with Crippen molar-refractivity contribution in [2.24, 2.45) is 10.1 Å². The highest BCUT2D eigenvalue weighted by atomic mass is 127. The van der Waals surface area contributed by atoms with Gasteiger partial charge in [0.05, 0.1) is 5.36 Å². The standard InChI is InChI=1S/C17H13IN4OS/c1-24-17-20-16(23)14-12-7-2-3-8-13(12)19-15(22(14)21-17)10-5-4-6-11(18)9-10/h2-9,15H,1H3,(H,20,21,23)/t15-/m0/s1. The number of hydrogen-bond acceptors (Lipinski definition) is 5. The Balaban J connectivity index is 1.99. The Morgan fingerprint density at radius 3 is 2.83 bits per heavy atom. The van der Waals surface area contributed by atoms with Gasteiger partial charge in [-0.05, 0) is 52.6 Å². The molecule has 0 radical (unpaired) electrons. The van der Waals surface area contributed by atoms with Crippen molar-refractivity contribution in [1.29, 1.82) is 0 Å². The Morgan fingerprint density at radius 1 is 1.21 bits per heavy atom. The topological polar surface area (TPSA) is 57.1 Å². The van der Waals surface area contributed by atoms with Gasteiger partial charge in [0.1, 0.15) is 5.70 Å². The fourth-order valence-corrected chi connectivity index (χ4v) is 3.74. The Kier molecular flexibility index (Phi) is 4.05. The Morgan fingerprint density at radius 2 is 2.04 bits per heavy atom. The van der Waals surface area contributed by atoms with Gasteiger partial charge in [-0.1, -0.05) is 42.1 Å². The lowest BCUT2D eigenvalue weighted by atomic mass is 10.1. The second kappa shape index (κ2) is 6.21. The summed E-state index contributed by atoms with van der Waals surface area (Å²) < 4.78 is 1.12. The Bertz CT molecular complexity index is 988. The molecule has 4 rings (SSSR count). The van der Waals surface area contributed by atoms with Gasteiger partial charge in [0.15, 0.2) is 11.3 Å². The van der Waals surface area contributed by atoms with E-state index in [0.29, 0.717) is 10.9 Å². The lowest BCUT2D eigenvalue weighted by Crippen LogP contribution is -2.50. The van der Waals surface area contributed by atoms with Crippen LogP contribution < -0.4 is 15.9 Å². The minimum atomic E-state index is -0.349. The summed E-state index contributed by atoms with van der Waals surface area (Å²) in [6.07, 6.45) is 1.54. The SMILES string of the molecule is CSC1=NN2C(=c3ccccc3=N[C@@H]2c2cccc(I)c2)C(=O)N1. The zero-order valence-corrected chi connectivity index (χ0v) is 15.7. The van der Waals surface area contributed by atoms with Crippen LogP contribution in [-0.2, 0) is 4.79 Å². The smallest absolute Gasteiger partial charge is 0.276 e. The summed E-state index contributed by atoms with van der Waals surface area (Å²) in [6, 6.07) is 15.8. The van der Waals surface area contributed by atoms with Crippen LogP contribution in [0.3, 0.4) is 0 Å². The molecule has 0 unspecified atom stereocenters. The first-order chi connectivity index (χ1) is 11.7. The predicted molar refractivity (Wildman–Crippen MR) is 103 cm³/mol. The molecule has 2 aliphatic rings. The number of amides is 1. The number of hydrazone groups is 1. The molecule has 0 saturated heterocycles. The van der Waals surface area contributed by atoms with Crippen molar-refractivity contribution in [2.75, 3.05) is 6.26 Å². The molecule has 120 valence electrons. The molecule has 0 aromatic heterocycles. The number of benzene rings is 2. The molecule has 2 aromatic rings. The summed E-state index contributed by atoms with van der Waals surface area (Å²) in [4.78, 5) is 17.5. The number of halogens is 1. The molecule has 0 aliphatic carbocycles.